The van der Waals surface area contributed by atoms with Gasteiger partial charge in [-0.05, 0) is 6.92 Å². The molecule has 1 fully saturated rings. The molecule has 0 aromatic heterocycles. The van der Waals surface area contributed by atoms with Crippen LogP contribution in [0.3, 0.4) is 0 Å². The summed E-state index contributed by atoms with van der Waals surface area (Å²) in [6.45, 7) is 5.28. The average molecular weight is 174 g/mol. The summed E-state index contributed by atoms with van der Waals surface area (Å²) in [5.41, 5.74) is 5.46. The first-order valence-electron chi connectivity index (χ1n) is 4.44. The summed E-state index contributed by atoms with van der Waals surface area (Å²) in [5.74, 6) is 0. The molecule has 2 atom stereocenters. The highest BCUT2D eigenvalue weighted by Crippen LogP contribution is 2.09. The highest BCUT2D eigenvalue weighted by atomic mass is 16.5. The molecule has 12 heavy (non-hydrogen) atoms. The smallest absolute Gasteiger partial charge is 0.0933 e. The molecule has 0 aliphatic carbocycles. The second-order valence-electron chi connectivity index (χ2n) is 3.27. The monoisotopic (exact) mass is 174 g/mol. The molecule has 1 rings (SSSR count). The fourth-order valence-corrected chi connectivity index (χ4v) is 1.46. The van der Waals surface area contributed by atoms with Gasteiger partial charge < -0.3 is 15.6 Å². The molecule has 2 unspecified atom stereocenters. The zero-order chi connectivity index (χ0) is 8.97. The van der Waals surface area contributed by atoms with Crippen LogP contribution in [-0.2, 0) is 4.74 Å². The molecule has 3 N–H and O–H groups in total. The first-order valence-corrected chi connectivity index (χ1v) is 4.44. The topological polar surface area (TPSA) is 58.7 Å². The molecule has 4 nitrogen and oxygen atoms in total. The summed E-state index contributed by atoms with van der Waals surface area (Å²) in [4.78, 5) is 2.25. The van der Waals surface area contributed by atoms with Crippen LogP contribution in [0.15, 0.2) is 0 Å². The van der Waals surface area contributed by atoms with Crippen molar-refractivity contribution in [3.05, 3.63) is 0 Å². The quantitative estimate of drug-likeness (QED) is 0.578. The molecule has 0 saturated carbocycles. The van der Waals surface area contributed by atoms with Crippen LogP contribution in [-0.4, -0.2) is 55.0 Å². The van der Waals surface area contributed by atoms with Gasteiger partial charge in [-0.2, -0.15) is 0 Å². The maximum absolute atomic E-state index is 8.88. The number of nitrogens with zero attached hydrogens (tertiary/aromatic N) is 1. The van der Waals surface area contributed by atoms with Crippen molar-refractivity contribution in [3.8, 4) is 0 Å². The number of aliphatic hydroxyl groups excluding tert-OH is 1. The molecule has 0 bridgehead atoms. The maximum atomic E-state index is 8.88. The van der Waals surface area contributed by atoms with E-state index in [9.17, 15) is 0 Å². The fourth-order valence-electron chi connectivity index (χ4n) is 1.46. The Morgan fingerprint density at radius 2 is 2.42 bits per heavy atom. The van der Waals surface area contributed by atoms with Gasteiger partial charge in [0.1, 0.15) is 0 Å². The minimum Gasteiger partial charge on any atom is -0.394 e. The Morgan fingerprint density at radius 3 is 3.00 bits per heavy atom. The zero-order valence-electron chi connectivity index (χ0n) is 7.57. The van der Waals surface area contributed by atoms with E-state index in [-0.39, 0.29) is 12.7 Å². The van der Waals surface area contributed by atoms with E-state index in [0.29, 0.717) is 19.2 Å². The van der Waals surface area contributed by atoms with Crippen molar-refractivity contribution in [1.82, 2.24) is 4.90 Å². The summed E-state index contributed by atoms with van der Waals surface area (Å²) in [6, 6.07) is 0.427. The van der Waals surface area contributed by atoms with Gasteiger partial charge in [-0.15, -0.1) is 0 Å². The predicted molar refractivity (Wildman–Crippen MR) is 46.9 cm³/mol. The molecule has 0 aromatic rings. The number of aliphatic hydroxyl groups is 1. The van der Waals surface area contributed by atoms with E-state index in [2.05, 4.69) is 11.8 Å². The lowest BCUT2D eigenvalue weighted by atomic mass is 10.2. The molecular weight excluding hydrogens is 156 g/mol. The highest BCUT2D eigenvalue weighted by Gasteiger charge is 2.24. The Hall–Kier alpha value is -0.160. The number of rotatable bonds is 3. The molecule has 0 radical (unpaired) electrons. The lowest BCUT2D eigenvalue weighted by Crippen LogP contribution is -2.50. The van der Waals surface area contributed by atoms with Crippen molar-refractivity contribution in [1.29, 1.82) is 0 Å². The number of ether oxygens (including phenoxy) is 1. The van der Waals surface area contributed by atoms with Crippen molar-refractivity contribution in [3.63, 3.8) is 0 Å². The van der Waals surface area contributed by atoms with Gasteiger partial charge in [0.05, 0.1) is 19.3 Å². The van der Waals surface area contributed by atoms with Crippen LogP contribution in [0.4, 0.5) is 0 Å². The van der Waals surface area contributed by atoms with E-state index < -0.39 is 0 Å². The Kier molecular flexibility index (Phi) is 3.94. The fraction of sp³-hybridized carbons (Fsp3) is 1.00. The molecule has 1 aliphatic heterocycles. The third kappa shape index (κ3) is 2.42. The van der Waals surface area contributed by atoms with E-state index in [4.69, 9.17) is 15.6 Å². The maximum Gasteiger partial charge on any atom is 0.0933 e. The molecule has 72 valence electrons. The van der Waals surface area contributed by atoms with Gasteiger partial charge in [-0.3, -0.25) is 4.90 Å². The largest absolute Gasteiger partial charge is 0.394 e. The van der Waals surface area contributed by atoms with Gasteiger partial charge in [0.2, 0.25) is 0 Å². The zero-order valence-corrected chi connectivity index (χ0v) is 7.57. The summed E-state index contributed by atoms with van der Waals surface area (Å²) >= 11 is 0. The van der Waals surface area contributed by atoms with Crippen molar-refractivity contribution >= 4 is 0 Å². The molecule has 0 aromatic carbocycles. The van der Waals surface area contributed by atoms with Crippen LogP contribution in [0.1, 0.15) is 6.92 Å². The second kappa shape index (κ2) is 4.77. The van der Waals surface area contributed by atoms with Crippen molar-refractivity contribution in [2.45, 2.75) is 19.1 Å². The summed E-state index contributed by atoms with van der Waals surface area (Å²) in [7, 11) is 0. The van der Waals surface area contributed by atoms with Gasteiger partial charge in [-0.25, -0.2) is 0 Å². The van der Waals surface area contributed by atoms with Gasteiger partial charge in [0.15, 0.2) is 0 Å². The van der Waals surface area contributed by atoms with Crippen LogP contribution in [0.2, 0.25) is 0 Å². The van der Waals surface area contributed by atoms with Gasteiger partial charge in [-0.1, -0.05) is 0 Å². The SMILES string of the molecule is CC1COC(CO)CN1CCN. The number of morpholine rings is 1. The minimum absolute atomic E-state index is 0.0206. The average Bonchev–Trinajstić information content (AvgIpc) is 2.09. The van der Waals surface area contributed by atoms with E-state index in [1.165, 1.54) is 0 Å². The van der Waals surface area contributed by atoms with Gasteiger partial charge >= 0.3 is 0 Å². The van der Waals surface area contributed by atoms with Crippen molar-refractivity contribution in [2.24, 2.45) is 5.73 Å². The third-order valence-corrected chi connectivity index (χ3v) is 2.25. The Balaban J connectivity index is 2.36. The standard InChI is InChI=1S/C8H18N2O2/c1-7-6-12-8(5-11)4-10(7)3-2-9/h7-8,11H,2-6,9H2,1H3. The summed E-state index contributed by atoms with van der Waals surface area (Å²) in [6.07, 6.45) is -0.0206. The Labute approximate surface area is 73.3 Å². The van der Waals surface area contributed by atoms with Crippen LogP contribution < -0.4 is 5.73 Å². The Bertz CT molecular complexity index is 132. The molecule has 1 aliphatic rings. The lowest BCUT2D eigenvalue weighted by Gasteiger charge is -2.37. The number of hydrogen-bond acceptors (Lipinski definition) is 4. The molecule has 0 amide bonds. The first kappa shape index (κ1) is 9.92. The van der Waals surface area contributed by atoms with Crippen LogP contribution in [0, 0.1) is 0 Å². The van der Waals surface area contributed by atoms with Crippen LogP contribution >= 0.6 is 0 Å². The molecule has 4 heteroatoms. The second-order valence-corrected chi connectivity index (χ2v) is 3.27. The predicted octanol–water partition coefficient (Wildman–Crippen LogP) is -0.973. The van der Waals surface area contributed by atoms with Gasteiger partial charge in [0.25, 0.3) is 0 Å². The normalized spacial score (nSPS) is 32.2. The molecule has 0 spiro atoms. The van der Waals surface area contributed by atoms with Gasteiger partial charge in [0, 0.05) is 25.7 Å². The van der Waals surface area contributed by atoms with E-state index >= 15 is 0 Å². The summed E-state index contributed by atoms with van der Waals surface area (Å²) < 4.78 is 5.38. The highest BCUT2D eigenvalue weighted by molar-refractivity contribution is 4.76. The van der Waals surface area contributed by atoms with E-state index in [1.54, 1.807) is 0 Å². The van der Waals surface area contributed by atoms with Crippen LogP contribution in [0.25, 0.3) is 0 Å². The van der Waals surface area contributed by atoms with E-state index in [0.717, 1.165) is 13.1 Å². The Morgan fingerprint density at radius 1 is 1.67 bits per heavy atom. The van der Waals surface area contributed by atoms with Crippen LogP contribution in [0.5, 0.6) is 0 Å². The molecular formula is C8H18N2O2. The summed E-state index contributed by atoms with van der Waals surface area (Å²) in [5, 5.41) is 8.88. The number of hydrogen-bond donors (Lipinski definition) is 2. The van der Waals surface area contributed by atoms with Crippen molar-refractivity contribution in [2.75, 3.05) is 32.8 Å². The first-order chi connectivity index (χ1) is 5.77. The molecule has 1 heterocycles. The van der Waals surface area contributed by atoms with Crippen molar-refractivity contribution < 1.29 is 9.84 Å². The minimum atomic E-state index is -0.0206. The molecule has 1 saturated heterocycles. The lowest BCUT2D eigenvalue weighted by molar-refractivity contribution is -0.0766. The number of nitrogens with two attached hydrogens (primary N) is 1. The van der Waals surface area contributed by atoms with E-state index in [1.807, 2.05) is 0 Å². The third-order valence-electron chi connectivity index (χ3n) is 2.25.